The summed E-state index contributed by atoms with van der Waals surface area (Å²) in [6, 6.07) is 4.45. The molecule has 0 saturated carbocycles. The Bertz CT molecular complexity index is 513. The molecule has 5 heteroatoms. The van der Waals surface area contributed by atoms with Crippen LogP contribution in [0.25, 0.3) is 0 Å². The highest BCUT2D eigenvalue weighted by molar-refractivity contribution is 5.08. The van der Waals surface area contributed by atoms with E-state index in [1.807, 2.05) is 30.7 Å². The van der Waals surface area contributed by atoms with Gasteiger partial charge in [-0.3, -0.25) is 0 Å². The largest absolute Gasteiger partial charge is 0.463 e. The van der Waals surface area contributed by atoms with Gasteiger partial charge in [-0.15, -0.1) is 0 Å². The van der Waals surface area contributed by atoms with Crippen LogP contribution in [0.3, 0.4) is 0 Å². The maximum Gasteiger partial charge on any atom is 0.147 e. The topological polar surface area (TPSA) is 55.9 Å². The van der Waals surface area contributed by atoms with Crippen LogP contribution in [-0.2, 0) is 13.1 Å². The summed E-state index contributed by atoms with van der Waals surface area (Å²) in [5, 5.41) is 7.64. The number of rotatable bonds is 5. The van der Waals surface area contributed by atoms with Crippen LogP contribution in [0.2, 0.25) is 0 Å². The van der Waals surface area contributed by atoms with E-state index in [4.69, 9.17) is 4.42 Å². The number of hydrogen-bond donors (Lipinski definition) is 1. The minimum Gasteiger partial charge on any atom is -0.463 e. The standard InChI is InChI=1S/C13H20N4O/c1-9(2)14-7-12-5-6-13(18-12)8-17-11(4)15-10(3)16-17/h5-6,9,14H,7-8H2,1-4H3. The molecule has 2 aromatic rings. The zero-order valence-electron chi connectivity index (χ0n) is 11.4. The highest BCUT2D eigenvalue weighted by Crippen LogP contribution is 2.10. The Kier molecular flexibility index (Phi) is 3.81. The third-order valence-electron chi connectivity index (χ3n) is 2.67. The number of aryl methyl sites for hydroxylation is 2. The molecule has 0 saturated heterocycles. The first-order chi connectivity index (χ1) is 8.54. The molecule has 0 atom stereocenters. The monoisotopic (exact) mass is 248 g/mol. The summed E-state index contributed by atoms with van der Waals surface area (Å²) >= 11 is 0. The van der Waals surface area contributed by atoms with Crippen LogP contribution in [0, 0.1) is 13.8 Å². The Morgan fingerprint density at radius 3 is 2.61 bits per heavy atom. The van der Waals surface area contributed by atoms with E-state index in [9.17, 15) is 0 Å². The third-order valence-corrected chi connectivity index (χ3v) is 2.67. The van der Waals surface area contributed by atoms with Crippen molar-refractivity contribution in [2.75, 3.05) is 0 Å². The van der Waals surface area contributed by atoms with E-state index in [1.54, 1.807) is 0 Å². The Morgan fingerprint density at radius 1 is 1.28 bits per heavy atom. The lowest BCUT2D eigenvalue weighted by molar-refractivity contribution is 0.419. The van der Waals surface area contributed by atoms with Crippen molar-refractivity contribution < 1.29 is 4.42 Å². The van der Waals surface area contributed by atoms with Crippen LogP contribution in [0.15, 0.2) is 16.5 Å². The van der Waals surface area contributed by atoms with Gasteiger partial charge in [0.15, 0.2) is 0 Å². The number of nitrogens with one attached hydrogen (secondary N) is 1. The second-order valence-electron chi connectivity index (χ2n) is 4.77. The summed E-state index contributed by atoms with van der Waals surface area (Å²) in [6.07, 6.45) is 0. The van der Waals surface area contributed by atoms with Crippen molar-refractivity contribution in [3.8, 4) is 0 Å². The number of hydrogen-bond acceptors (Lipinski definition) is 4. The van der Waals surface area contributed by atoms with Gasteiger partial charge in [-0.25, -0.2) is 9.67 Å². The first-order valence-electron chi connectivity index (χ1n) is 6.23. The lowest BCUT2D eigenvalue weighted by Gasteiger charge is -2.05. The van der Waals surface area contributed by atoms with Crippen molar-refractivity contribution in [3.63, 3.8) is 0 Å². The fraction of sp³-hybridized carbons (Fsp3) is 0.538. The van der Waals surface area contributed by atoms with Crippen molar-refractivity contribution in [2.24, 2.45) is 0 Å². The van der Waals surface area contributed by atoms with Crippen molar-refractivity contribution in [1.82, 2.24) is 20.1 Å². The molecule has 5 nitrogen and oxygen atoms in total. The molecule has 0 aromatic carbocycles. The maximum atomic E-state index is 5.75. The average Bonchev–Trinajstić information content (AvgIpc) is 2.84. The lowest BCUT2D eigenvalue weighted by atomic mass is 10.3. The molecule has 0 aliphatic heterocycles. The van der Waals surface area contributed by atoms with Crippen LogP contribution >= 0.6 is 0 Å². The van der Waals surface area contributed by atoms with E-state index in [2.05, 4.69) is 29.2 Å². The van der Waals surface area contributed by atoms with Crippen molar-refractivity contribution in [2.45, 2.75) is 46.8 Å². The molecular weight excluding hydrogens is 228 g/mol. The predicted octanol–water partition coefficient (Wildman–Crippen LogP) is 2.03. The zero-order valence-corrected chi connectivity index (χ0v) is 11.4. The van der Waals surface area contributed by atoms with Gasteiger partial charge < -0.3 is 9.73 Å². The predicted molar refractivity (Wildman–Crippen MR) is 69.3 cm³/mol. The summed E-state index contributed by atoms with van der Waals surface area (Å²) in [6.45, 7) is 9.46. The maximum absolute atomic E-state index is 5.75. The van der Waals surface area contributed by atoms with Gasteiger partial charge in [-0.05, 0) is 26.0 Å². The van der Waals surface area contributed by atoms with Crippen LogP contribution < -0.4 is 5.32 Å². The molecule has 0 fully saturated rings. The first-order valence-corrected chi connectivity index (χ1v) is 6.23. The second-order valence-corrected chi connectivity index (χ2v) is 4.77. The van der Waals surface area contributed by atoms with E-state index in [0.29, 0.717) is 12.6 Å². The van der Waals surface area contributed by atoms with E-state index >= 15 is 0 Å². The summed E-state index contributed by atoms with van der Waals surface area (Å²) in [4.78, 5) is 4.27. The van der Waals surface area contributed by atoms with E-state index in [-0.39, 0.29) is 0 Å². The molecule has 98 valence electrons. The fourth-order valence-corrected chi connectivity index (χ4v) is 1.77. The Labute approximate surface area is 107 Å². The van der Waals surface area contributed by atoms with Gasteiger partial charge >= 0.3 is 0 Å². The summed E-state index contributed by atoms with van der Waals surface area (Å²) in [5.41, 5.74) is 0. The molecule has 0 amide bonds. The fourth-order valence-electron chi connectivity index (χ4n) is 1.77. The lowest BCUT2D eigenvalue weighted by Crippen LogP contribution is -2.21. The SMILES string of the molecule is Cc1nc(C)n(Cc2ccc(CNC(C)C)o2)n1. The minimum atomic E-state index is 0.457. The summed E-state index contributed by atoms with van der Waals surface area (Å²) in [5.74, 6) is 3.56. The van der Waals surface area contributed by atoms with Gasteiger partial charge in [0.2, 0.25) is 0 Å². The molecule has 0 bridgehead atoms. The summed E-state index contributed by atoms with van der Waals surface area (Å²) in [7, 11) is 0. The van der Waals surface area contributed by atoms with Crippen LogP contribution in [0.4, 0.5) is 0 Å². The Morgan fingerprint density at radius 2 is 2.00 bits per heavy atom. The van der Waals surface area contributed by atoms with Gasteiger partial charge in [-0.1, -0.05) is 13.8 Å². The third kappa shape index (κ3) is 3.20. The van der Waals surface area contributed by atoms with Crippen LogP contribution in [-0.4, -0.2) is 20.8 Å². The molecule has 0 spiro atoms. The highest BCUT2D eigenvalue weighted by atomic mass is 16.3. The number of nitrogens with zero attached hydrogens (tertiary/aromatic N) is 3. The molecule has 2 aromatic heterocycles. The smallest absolute Gasteiger partial charge is 0.147 e. The zero-order chi connectivity index (χ0) is 13.1. The van der Waals surface area contributed by atoms with E-state index in [0.717, 1.165) is 29.7 Å². The normalized spacial score (nSPS) is 11.4. The van der Waals surface area contributed by atoms with Crippen molar-refractivity contribution in [3.05, 3.63) is 35.3 Å². The van der Waals surface area contributed by atoms with Gasteiger partial charge in [0.25, 0.3) is 0 Å². The van der Waals surface area contributed by atoms with E-state index < -0.39 is 0 Å². The molecule has 0 unspecified atom stereocenters. The molecular formula is C13H20N4O. The van der Waals surface area contributed by atoms with Gasteiger partial charge in [-0.2, -0.15) is 5.10 Å². The number of aromatic nitrogens is 3. The van der Waals surface area contributed by atoms with Crippen molar-refractivity contribution >= 4 is 0 Å². The summed E-state index contributed by atoms with van der Waals surface area (Å²) < 4.78 is 7.61. The first kappa shape index (κ1) is 12.8. The van der Waals surface area contributed by atoms with E-state index in [1.165, 1.54) is 0 Å². The second kappa shape index (κ2) is 5.35. The van der Waals surface area contributed by atoms with Gasteiger partial charge in [0.1, 0.15) is 29.7 Å². The van der Waals surface area contributed by atoms with Crippen LogP contribution in [0.5, 0.6) is 0 Å². The Hall–Kier alpha value is -1.62. The quantitative estimate of drug-likeness (QED) is 0.879. The van der Waals surface area contributed by atoms with Crippen LogP contribution in [0.1, 0.15) is 37.0 Å². The molecule has 0 aliphatic carbocycles. The average molecular weight is 248 g/mol. The Balaban J connectivity index is 2.00. The minimum absolute atomic E-state index is 0.457. The van der Waals surface area contributed by atoms with Gasteiger partial charge in [0.05, 0.1) is 6.54 Å². The molecule has 0 aliphatic rings. The molecule has 0 radical (unpaired) electrons. The number of furan rings is 1. The molecule has 1 N–H and O–H groups in total. The molecule has 18 heavy (non-hydrogen) atoms. The molecule has 2 rings (SSSR count). The van der Waals surface area contributed by atoms with Crippen molar-refractivity contribution in [1.29, 1.82) is 0 Å². The van der Waals surface area contributed by atoms with Gasteiger partial charge in [0, 0.05) is 6.04 Å². The highest BCUT2D eigenvalue weighted by Gasteiger charge is 2.07. The molecule has 2 heterocycles.